The molecule has 1 aromatic carbocycles. The molecule has 2 aromatic rings. The highest BCUT2D eigenvalue weighted by Crippen LogP contribution is 2.19. The lowest BCUT2D eigenvalue weighted by Crippen LogP contribution is -2.36. The fraction of sp³-hybridized carbons (Fsp3) is 0.353. The van der Waals surface area contributed by atoms with Crippen molar-refractivity contribution in [2.75, 3.05) is 23.9 Å². The number of anilines is 2. The summed E-state index contributed by atoms with van der Waals surface area (Å²) in [6.45, 7) is 1.69. The third-order valence-electron chi connectivity index (χ3n) is 4.00. The van der Waals surface area contributed by atoms with E-state index >= 15 is 0 Å². The van der Waals surface area contributed by atoms with Crippen LogP contribution in [0.25, 0.3) is 0 Å². The number of amides is 1. The van der Waals surface area contributed by atoms with Crippen LogP contribution in [0.1, 0.15) is 22.7 Å². The smallest absolute Gasteiger partial charge is 0.270 e. The van der Waals surface area contributed by atoms with E-state index in [2.05, 4.69) is 20.6 Å². The zero-order valence-electron chi connectivity index (χ0n) is 14.5. The van der Waals surface area contributed by atoms with Gasteiger partial charge in [0.05, 0.1) is 18.6 Å². The molecule has 2 heterocycles. The van der Waals surface area contributed by atoms with E-state index < -0.39 is 15.7 Å². The second-order valence-electron chi connectivity index (χ2n) is 6.11. The van der Waals surface area contributed by atoms with Gasteiger partial charge in [-0.1, -0.05) is 0 Å². The summed E-state index contributed by atoms with van der Waals surface area (Å²) < 4.78 is 28.2. The first-order chi connectivity index (χ1) is 12.3. The maximum Gasteiger partial charge on any atom is 0.270 e. The molecule has 0 spiro atoms. The number of methoxy groups -OCH3 is 1. The van der Waals surface area contributed by atoms with E-state index in [9.17, 15) is 13.2 Å². The summed E-state index contributed by atoms with van der Waals surface area (Å²) in [7, 11) is -1.46. The standard InChI is InChI=1S/C17H20N4O4S/c1-11-18-15(17(22)21-13-7-8-26(23,24)10-13)9-16(19-11)20-12-3-5-14(25-2)6-4-12/h3-6,9,13H,7-8,10H2,1-2H3,(H,21,22)(H,18,19,20). The van der Waals surface area contributed by atoms with E-state index in [4.69, 9.17) is 4.74 Å². The Morgan fingerprint density at radius 2 is 1.96 bits per heavy atom. The van der Waals surface area contributed by atoms with Gasteiger partial charge in [-0.05, 0) is 37.6 Å². The van der Waals surface area contributed by atoms with E-state index in [-0.39, 0.29) is 23.2 Å². The van der Waals surface area contributed by atoms with Crippen molar-refractivity contribution in [3.63, 3.8) is 0 Å². The lowest BCUT2D eigenvalue weighted by molar-refractivity contribution is 0.0935. The van der Waals surface area contributed by atoms with Crippen LogP contribution in [-0.2, 0) is 9.84 Å². The number of hydrogen-bond donors (Lipinski definition) is 2. The van der Waals surface area contributed by atoms with Gasteiger partial charge >= 0.3 is 0 Å². The van der Waals surface area contributed by atoms with Gasteiger partial charge in [-0.25, -0.2) is 18.4 Å². The number of sulfone groups is 1. The van der Waals surface area contributed by atoms with Crippen molar-refractivity contribution in [2.45, 2.75) is 19.4 Å². The number of aromatic nitrogens is 2. The van der Waals surface area contributed by atoms with Gasteiger partial charge in [0.1, 0.15) is 23.1 Å². The molecule has 0 saturated carbocycles. The molecule has 1 aliphatic heterocycles. The highest BCUT2D eigenvalue weighted by atomic mass is 32.2. The van der Waals surface area contributed by atoms with Gasteiger partial charge in [0.25, 0.3) is 5.91 Å². The molecule has 1 unspecified atom stereocenters. The maximum atomic E-state index is 12.4. The summed E-state index contributed by atoms with van der Waals surface area (Å²) >= 11 is 0. The Morgan fingerprint density at radius 3 is 2.58 bits per heavy atom. The lowest BCUT2D eigenvalue weighted by Gasteiger charge is -2.12. The topological polar surface area (TPSA) is 110 Å². The zero-order valence-corrected chi connectivity index (χ0v) is 15.3. The van der Waals surface area contributed by atoms with Gasteiger partial charge < -0.3 is 15.4 Å². The van der Waals surface area contributed by atoms with Gasteiger partial charge in [0.15, 0.2) is 9.84 Å². The molecule has 1 fully saturated rings. The largest absolute Gasteiger partial charge is 0.497 e. The Kier molecular flexibility index (Phi) is 5.08. The SMILES string of the molecule is COc1ccc(Nc2cc(C(=O)NC3CCS(=O)(=O)C3)nc(C)n2)cc1. The average molecular weight is 376 g/mol. The average Bonchev–Trinajstić information content (AvgIpc) is 2.93. The highest BCUT2D eigenvalue weighted by Gasteiger charge is 2.29. The monoisotopic (exact) mass is 376 g/mol. The predicted octanol–water partition coefficient (Wildman–Crippen LogP) is 1.45. The molecule has 8 nitrogen and oxygen atoms in total. The summed E-state index contributed by atoms with van der Waals surface area (Å²) in [6, 6.07) is 8.45. The lowest BCUT2D eigenvalue weighted by atomic mass is 10.2. The van der Waals surface area contributed by atoms with Crippen LogP contribution in [0.4, 0.5) is 11.5 Å². The first-order valence-electron chi connectivity index (χ1n) is 8.13. The van der Waals surface area contributed by atoms with Crippen molar-refractivity contribution in [3.8, 4) is 5.75 Å². The van der Waals surface area contributed by atoms with Gasteiger partial charge in [0.2, 0.25) is 0 Å². The predicted molar refractivity (Wildman–Crippen MR) is 97.6 cm³/mol. The van der Waals surface area contributed by atoms with Crippen molar-refractivity contribution >= 4 is 27.2 Å². The number of carbonyl (C=O) groups excluding carboxylic acids is 1. The van der Waals surface area contributed by atoms with E-state index in [1.54, 1.807) is 14.0 Å². The number of ether oxygens (including phenoxy) is 1. The number of hydrogen-bond acceptors (Lipinski definition) is 7. The fourth-order valence-electron chi connectivity index (χ4n) is 2.74. The molecule has 26 heavy (non-hydrogen) atoms. The van der Waals surface area contributed by atoms with Crippen molar-refractivity contribution in [1.29, 1.82) is 0 Å². The number of rotatable bonds is 5. The van der Waals surface area contributed by atoms with Gasteiger partial charge in [-0.15, -0.1) is 0 Å². The van der Waals surface area contributed by atoms with E-state index in [0.29, 0.717) is 18.1 Å². The minimum absolute atomic E-state index is 0.0280. The Hall–Kier alpha value is -2.68. The van der Waals surface area contributed by atoms with Crippen molar-refractivity contribution in [3.05, 3.63) is 41.9 Å². The molecule has 0 bridgehead atoms. The molecule has 138 valence electrons. The molecule has 1 aromatic heterocycles. The summed E-state index contributed by atoms with van der Waals surface area (Å²) in [5.74, 6) is 1.32. The molecule has 0 aliphatic carbocycles. The first-order valence-corrected chi connectivity index (χ1v) is 9.95. The minimum atomic E-state index is -3.06. The number of nitrogens with zero attached hydrogens (tertiary/aromatic N) is 2. The summed E-state index contributed by atoms with van der Waals surface area (Å²) in [4.78, 5) is 20.8. The summed E-state index contributed by atoms with van der Waals surface area (Å²) in [5.41, 5.74) is 0.981. The molecular formula is C17H20N4O4S. The maximum absolute atomic E-state index is 12.4. The second-order valence-corrected chi connectivity index (χ2v) is 8.34. The van der Waals surface area contributed by atoms with Crippen LogP contribution in [0.2, 0.25) is 0 Å². The van der Waals surface area contributed by atoms with Crippen LogP contribution in [0.3, 0.4) is 0 Å². The molecule has 1 saturated heterocycles. The molecule has 1 amide bonds. The zero-order chi connectivity index (χ0) is 18.7. The normalized spacial score (nSPS) is 18.3. The van der Waals surface area contributed by atoms with Crippen LogP contribution >= 0.6 is 0 Å². The molecule has 9 heteroatoms. The van der Waals surface area contributed by atoms with Gasteiger partial charge in [0, 0.05) is 17.8 Å². The number of benzene rings is 1. The Labute approximate surface area is 151 Å². The third-order valence-corrected chi connectivity index (χ3v) is 5.77. The van der Waals surface area contributed by atoms with Gasteiger partial charge in [-0.2, -0.15) is 0 Å². The number of nitrogens with one attached hydrogen (secondary N) is 2. The second kappa shape index (κ2) is 7.28. The number of carbonyl (C=O) groups is 1. The van der Waals surface area contributed by atoms with Crippen molar-refractivity contribution in [2.24, 2.45) is 0 Å². The Balaban J connectivity index is 1.73. The highest BCUT2D eigenvalue weighted by molar-refractivity contribution is 7.91. The molecule has 2 N–H and O–H groups in total. The van der Waals surface area contributed by atoms with Crippen LogP contribution in [0, 0.1) is 6.92 Å². The van der Waals surface area contributed by atoms with Gasteiger partial charge in [-0.3, -0.25) is 4.79 Å². The minimum Gasteiger partial charge on any atom is -0.497 e. The van der Waals surface area contributed by atoms with Crippen LogP contribution in [0.15, 0.2) is 30.3 Å². The Morgan fingerprint density at radius 1 is 1.23 bits per heavy atom. The molecule has 1 aliphatic rings. The molecule has 3 rings (SSSR count). The fourth-order valence-corrected chi connectivity index (χ4v) is 4.41. The van der Waals surface area contributed by atoms with Crippen LogP contribution < -0.4 is 15.4 Å². The summed E-state index contributed by atoms with van der Waals surface area (Å²) in [6.07, 6.45) is 0.426. The quantitative estimate of drug-likeness (QED) is 0.813. The Bertz CT molecular complexity index is 913. The van der Waals surface area contributed by atoms with E-state index in [1.807, 2.05) is 24.3 Å². The van der Waals surface area contributed by atoms with Crippen LogP contribution in [-0.4, -0.2) is 49.0 Å². The summed E-state index contributed by atoms with van der Waals surface area (Å²) in [5, 5.41) is 5.85. The molecule has 0 radical (unpaired) electrons. The van der Waals surface area contributed by atoms with Crippen LogP contribution in [0.5, 0.6) is 5.75 Å². The molecule has 1 atom stereocenters. The third kappa shape index (κ3) is 4.48. The van der Waals surface area contributed by atoms with E-state index in [0.717, 1.165) is 11.4 Å². The number of aryl methyl sites for hydroxylation is 1. The molecular weight excluding hydrogens is 356 g/mol. The van der Waals surface area contributed by atoms with E-state index in [1.165, 1.54) is 6.07 Å². The first kappa shape index (κ1) is 18.1. The van der Waals surface area contributed by atoms with Crippen molar-refractivity contribution in [1.82, 2.24) is 15.3 Å². The van der Waals surface area contributed by atoms with Crippen molar-refractivity contribution < 1.29 is 17.9 Å².